The molecule has 1 fully saturated rings. The van der Waals surface area contributed by atoms with Crippen molar-refractivity contribution < 1.29 is 23.5 Å². The van der Waals surface area contributed by atoms with Gasteiger partial charge in [-0.05, 0) is 0 Å². The van der Waals surface area contributed by atoms with Crippen molar-refractivity contribution in [2.45, 2.75) is 6.42 Å². The van der Waals surface area contributed by atoms with Crippen LogP contribution in [0, 0.1) is 0 Å². The van der Waals surface area contributed by atoms with Gasteiger partial charge in [-0.25, -0.2) is 9.78 Å². The van der Waals surface area contributed by atoms with Crippen molar-refractivity contribution in [3.8, 4) is 0 Å². The maximum absolute atomic E-state index is 11.3. The molecule has 0 radical (unpaired) electrons. The number of carbonyl (C=O) groups is 3. The van der Waals surface area contributed by atoms with Crippen molar-refractivity contribution in [2.75, 3.05) is 18.6 Å². The number of hydrogen-bond donors (Lipinski definition) is 0. The Morgan fingerprint density at radius 3 is 2.88 bits per heavy atom. The van der Waals surface area contributed by atoms with E-state index in [0.717, 1.165) is 11.1 Å². The molecule has 0 spiro atoms. The lowest BCUT2D eigenvalue weighted by Crippen LogP contribution is -2.24. The van der Waals surface area contributed by atoms with Crippen molar-refractivity contribution in [2.24, 2.45) is 0 Å². The van der Waals surface area contributed by atoms with Gasteiger partial charge in [0, 0.05) is 0 Å². The van der Waals surface area contributed by atoms with Crippen LogP contribution >= 0.6 is 0 Å². The first kappa shape index (κ1) is 10.3. The number of carbonyl (C=O) groups excluding carboxylic acids is 3. The second kappa shape index (κ2) is 3.76. The third kappa shape index (κ3) is 1.67. The van der Waals surface area contributed by atoms with Gasteiger partial charge < -0.3 is 9.15 Å². The Hall–Kier alpha value is -2.18. The van der Waals surface area contributed by atoms with E-state index in [9.17, 15) is 14.4 Å². The third-order valence-corrected chi connectivity index (χ3v) is 2.09. The van der Waals surface area contributed by atoms with Crippen molar-refractivity contribution in [1.29, 1.82) is 0 Å². The Morgan fingerprint density at radius 2 is 2.31 bits per heavy atom. The van der Waals surface area contributed by atoms with Crippen LogP contribution in [-0.4, -0.2) is 36.3 Å². The van der Waals surface area contributed by atoms with Crippen LogP contribution in [0.5, 0.6) is 0 Å². The molecule has 7 heteroatoms. The number of rotatable bonds is 2. The highest BCUT2D eigenvalue weighted by Gasteiger charge is 2.32. The number of ketones is 1. The van der Waals surface area contributed by atoms with Gasteiger partial charge in [0.25, 0.3) is 0 Å². The number of aromatic nitrogens is 1. The summed E-state index contributed by atoms with van der Waals surface area (Å²) < 4.78 is 9.42. The van der Waals surface area contributed by atoms with Gasteiger partial charge in [0.05, 0.1) is 26.3 Å². The molecule has 1 amide bonds. The minimum atomic E-state index is -0.684. The van der Waals surface area contributed by atoms with Gasteiger partial charge in [0.15, 0.2) is 5.78 Å². The number of anilines is 1. The molecule has 0 N–H and O–H groups in total. The van der Waals surface area contributed by atoms with Gasteiger partial charge in [-0.2, -0.15) is 0 Å². The molecule has 0 atom stereocenters. The van der Waals surface area contributed by atoms with E-state index in [0.29, 0.717) is 0 Å². The Morgan fingerprint density at radius 1 is 1.56 bits per heavy atom. The predicted octanol–water partition coefficient (Wildman–Crippen LogP) is -0.233. The Kier molecular flexibility index (Phi) is 2.43. The number of nitrogens with zero attached hydrogens (tertiary/aromatic N) is 2. The fourth-order valence-electron chi connectivity index (χ4n) is 1.34. The van der Waals surface area contributed by atoms with Crippen molar-refractivity contribution in [3.05, 3.63) is 12.0 Å². The van der Waals surface area contributed by atoms with Gasteiger partial charge in [-0.1, -0.05) is 0 Å². The summed E-state index contributed by atoms with van der Waals surface area (Å²) >= 11 is 0. The number of amides is 1. The van der Waals surface area contributed by atoms with Crippen molar-refractivity contribution in [1.82, 2.24) is 4.98 Å². The molecule has 1 aliphatic heterocycles. The first-order chi connectivity index (χ1) is 7.61. The molecule has 2 heterocycles. The highest BCUT2D eigenvalue weighted by atomic mass is 16.5. The number of ether oxygens (including phenoxy) is 1. The largest absolute Gasteiger partial charge is 0.463 e. The smallest absolute Gasteiger partial charge is 0.375 e. The molecule has 1 aromatic heterocycles. The molecule has 7 nitrogen and oxygen atoms in total. The first-order valence-corrected chi connectivity index (χ1v) is 4.48. The van der Waals surface area contributed by atoms with Crippen LogP contribution in [0.25, 0.3) is 0 Å². The molecule has 0 aromatic carbocycles. The van der Waals surface area contributed by atoms with Crippen LogP contribution in [0.2, 0.25) is 0 Å². The standard InChI is InChI=1S/C9H8N2O5/c1-15-8(14)6-3-10-9(16-6)11-4-5(12)2-7(11)13/h3H,2,4H2,1H3. The minimum absolute atomic E-state index is 0.0590. The van der Waals surface area contributed by atoms with E-state index in [1.807, 2.05) is 0 Å². The topological polar surface area (TPSA) is 89.7 Å². The molecular weight excluding hydrogens is 216 g/mol. The van der Waals surface area contributed by atoms with E-state index in [1.165, 1.54) is 7.11 Å². The lowest BCUT2D eigenvalue weighted by molar-refractivity contribution is -0.121. The molecule has 16 heavy (non-hydrogen) atoms. The summed E-state index contributed by atoms with van der Waals surface area (Å²) in [5.41, 5.74) is 0. The highest BCUT2D eigenvalue weighted by molar-refractivity contribution is 6.14. The zero-order chi connectivity index (χ0) is 11.7. The third-order valence-electron chi connectivity index (χ3n) is 2.09. The molecule has 0 saturated carbocycles. The molecular formula is C9H8N2O5. The molecule has 0 aliphatic carbocycles. The molecule has 1 aliphatic rings. The van der Waals surface area contributed by atoms with Gasteiger partial charge in [-0.3, -0.25) is 14.5 Å². The van der Waals surface area contributed by atoms with Crippen LogP contribution in [0.4, 0.5) is 6.01 Å². The summed E-state index contributed by atoms with van der Waals surface area (Å²) in [5.74, 6) is -1.38. The van der Waals surface area contributed by atoms with Gasteiger partial charge in [0.1, 0.15) is 0 Å². The van der Waals surface area contributed by atoms with Crippen LogP contribution in [0.1, 0.15) is 17.0 Å². The van der Waals surface area contributed by atoms with E-state index in [2.05, 4.69) is 9.72 Å². The summed E-state index contributed by atoms with van der Waals surface area (Å²) in [6, 6.07) is -0.0590. The van der Waals surface area contributed by atoms with Crippen molar-refractivity contribution in [3.63, 3.8) is 0 Å². The van der Waals surface area contributed by atoms with Gasteiger partial charge in [0.2, 0.25) is 11.7 Å². The second-order valence-corrected chi connectivity index (χ2v) is 3.19. The van der Waals surface area contributed by atoms with E-state index >= 15 is 0 Å². The average Bonchev–Trinajstić information content (AvgIpc) is 2.83. The Bertz CT molecular complexity index is 464. The SMILES string of the molecule is COC(=O)c1cnc(N2CC(=O)CC2=O)o1. The Labute approximate surface area is 90.0 Å². The summed E-state index contributed by atoms with van der Waals surface area (Å²) in [4.78, 5) is 38.2. The van der Waals surface area contributed by atoms with Crippen molar-refractivity contribution >= 4 is 23.7 Å². The van der Waals surface area contributed by atoms with E-state index < -0.39 is 5.97 Å². The molecule has 0 unspecified atom stereocenters. The lowest BCUT2D eigenvalue weighted by Gasteiger charge is -2.07. The molecule has 0 bridgehead atoms. The number of methoxy groups -OCH3 is 1. The summed E-state index contributed by atoms with van der Waals surface area (Å²) in [7, 11) is 1.20. The molecule has 2 rings (SSSR count). The maximum atomic E-state index is 11.3. The monoisotopic (exact) mass is 224 g/mol. The zero-order valence-corrected chi connectivity index (χ0v) is 8.43. The number of hydrogen-bond acceptors (Lipinski definition) is 6. The second-order valence-electron chi connectivity index (χ2n) is 3.19. The van der Waals surface area contributed by atoms with E-state index in [1.54, 1.807) is 0 Å². The first-order valence-electron chi connectivity index (χ1n) is 4.48. The zero-order valence-electron chi connectivity index (χ0n) is 8.43. The normalized spacial score (nSPS) is 15.7. The fraction of sp³-hybridized carbons (Fsp3) is 0.333. The lowest BCUT2D eigenvalue weighted by atomic mass is 10.3. The summed E-state index contributed by atoms with van der Waals surface area (Å²) in [5, 5.41) is 0. The van der Waals surface area contributed by atoms with E-state index in [4.69, 9.17) is 4.42 Å². The molecule has 1 aromatic rings. The number of esters is 1. The maximum Gasteiger partial charge on any atom is 0.375 e. The Balaban J connectivity index is 2.22. The van der Waals surface area contributed by atoms with E-state index in [-0.39, 0.29) is 36.4 Å². The fourth-order valence-corrected chi connectivity index (χ4v) is 1.34. The van der Waals surface area contributed by atoms with Gasteiger partial charge in [-0.15, -0.1) is 0 Å². The average molecular weight is 224 g/mol. The number of oxazole rings is 1. The van der Waals surface area contributed by atoms with Crippen LogP contribution in [0.3, 0.4) is 0 Å². The summed E-state index contributed by atoms with van der Waals surface area (Å²) in [6.45, 7) is -0.0695. The van der Waals surface area contributed by atoms with Gasteiger partial charge >= 0.3 is 12.0 Å². The molecule has 1 saturated heterocycles. The summed E-state index contributed by atoms with van der Waals surface area (Å²) in [6.07, 6.45) is 0.993. The quantitative estimate of drug-likeness (QED) is 0.509. The van der Waals surface area contributed by atoms with Crippen LogP contribution in [0.15, 0.2) is 10.6 Å². The molecule has 84 valence electrons. The number of Topliss-reactive ketones (excluding diaryl/α,β-unsaturated/α-hetero) is 1. The highest BCUT2D eigenvalue weighted by Crippen LogP contribution is 2.19. The minimum Gasteiger partial charge on any atom is -0.463 e. The van der Waals surface area contributed by atoms with Crippen LogP contribution in [-0.2, 0) is 14.3 Å². The predicted molar refractivity (Wildman–Crippen MR) is 49.8 cm³/mol. The van der Waals surface area contributed by atoms with Crippen LogP contribution < -0.4 is 4.90 Å².